The molecule has 1 aromatic heterocycles. The molecule has 1 saturated carbocycles. The summed E-state index contributed by atoms with van der Waals surface area (Å²) in [5.41, 5.74) is 7.92. The number of nitrogens with two attached hydrogens (primary N) is 1. The highest BCUT2D eigenvalue weighted by Crippen LogP contribution is 2.28. The van der Waals surface area contributed by atoms with Crippen LogP contribution in [0.15, 0.2) is 52.9 Å². The molecule has 1 saturated heterocycles. The first-order chi connectivity index (χ1) is 23.2. The SMILES string of the molecule is CCS(=O)(=O)Nc1ccc(CC(=O)N2C[C@H](OCC3CCCCC3)[C@@H](C(=O)N[C@@H](CCCCN)C(=O)c3nc4ccccc4o3)C2)cc1. The van der Waals surface area contributed by atoms with Crippen molar-refractivity contribution in [2.45, 2.75) is 76.9 Å². The number of unbranched alkanes of at least 4 members (excludes halogenated alkanes) is 1. The van der Waals surface area contributed by atoms with Crippen LogP contribution < -0.4 is 15.8 Å². The third-order valence-electron chi connectivity index (χ3n) is 9.27. The first kappa shape index (κ1) is 35.5. The van der Waals surface area contributed by atoms with Crippen LogP contribution in [0.4, 0.5) is 5.69 Å². The summed E-state index contributed by atoms with van der Waals surface area (Å²) in [6.45, 7) is 2.96. The maximum Gasteiger partial charge on any atom is 0.266 e. The number of rotatable bonds is 16. The number of carbonyl (C=O) groups is 3. The average molecular weight is 682 g/mol. The fourth-order valence-corrected chi connectivity index (χ4v) is 7.05. The second-order valence-corrected chi connectivity index (χ2v) is 14.9. The van der Waals surface area contributed by atoms with E-state index in [2.05, 4.69) is 15.0 Å². The van der Waals surface area contributed by atoms with E-state index in [1.54, 1.807) is 54.3 Å². The van der Waals surface area contributed by atoms with Crippen LogP contribution in [0.2, 0.25) is 0 Å². The molecular formula is C35H47N5O7S. The van der Waals surface area contributed by atoms with Crippen LogP contribution in [-0.2, 0) is 30.8 Å². The maximum atomic E-state index is 13.9. The van der Waals surface area contributed by atoms with Crippen molar-refractivity contribution in [2.24, 2.45) is 17.6 Å². The molecule has 1 aliphatic heterocycles. The number of Topliss-reactive ketones (excluding diaryl/α,β-unsaturated/α-hetero) is 1. The number of ether oxygens (including phenoxy) is 1. The van der Waals surface area contributed by atoms with E-state index in [1.165, 1.54) is 6.42 Å². The smallest absolute Gasteiger partial charge is 0.266 e. The summed E-state index contributed by atoms with van der Waals surface area (Å²) in [6.07, 6.45) is 6.96. The molecule has 5 rings (SSSR count). The number of sulfonamides is 1. The zero-order chi connectivity index (χ0) is 34.1. The summed E-state index contributed by atoms with van der Waals surface area (Å²) in [4.78, 5) is 47.1. The molecular weight excluding hydrogens is 634 g/mol. The summed E-state index contributed by atoms with van der Waals surface area (Å²) in [5, 5.41) is 2.96. The standard InChI is InChI=1S/C35H47N5O7S/c1-2-48(44,45)39-26-17-15-24(16-18-26)20-32(41)40-21-27(31(22-40)46-23-25-10-4-3-5-11-25)34(43)37-29(13-8-9-19-36)33(42)35-38-28-12-6-7-14-30(28)47-35/h6-7,12,14-18,25,27,29,31,39H,2-5,8-11,13,19-23,36H2,1H3,(H,37,43)/t27-,29-,31-/m0/s1. The Balaban J connectivity index is 1.29. The number of para-hydroxylation sites is 2. The molecule has 13 heteroatoms. The van der Waals surface area contributed by atoms with Gasteiger partial charge in [-0.1, -0.05) is 43.5 Å². The number of anilines is 1. The van der Waals surface area contributed by atoms with Gasteiger partial charge < -0.3 is 25.1 Å². The van der Waals surface area contributed by atoms with Crippen LogP contribution in [0.25, 0.3) is 11.1 Å². The van der Waals surface area contributed by atoms with Gasteiger partial charge in [0, 0.05) is 25.4 Å². The lowest BCUT2D eigenvalue weighted by molar-refractivity contribution is -0.130. The van der Waals surface area contributed by atoms with Gasteiger partial charge in [-0.3, -0.25) is 19.1 Å². The molecule has 2 aromatic carbocycles. The predicted molar refractivity (Wildman–Crippen MR) is 183 cm³/mol. The van der Waals surface area contributed by atoms with Crippen molar-refractivity contribution in [3.8, 4) is 0 Å². The number of hydrogen-bond acceptors (Lipinski definition) is 9. The molecule has 4 N–H and O–H groups in total. The van der Waals surface area contributed by atoms with E-state index in [0.29, 0.717) is 55.1 Å². The van der Waals surface area contributed by atoms with Gasteiger partial charge in [-0.2, -0.15) is 0 Å². The molecule has 2 heterocycles. The quantitative estimate of drug-likeness (QED) is 0.149. The van der Waals surface area contributed by atoms with Gasteiger partial charge in [0.1, 0.15) is 5.52 Å². The first-order valence-corrected chi connectivity index (χ1v) is 18.7. The number of ketones is 1. The molecule has 48 heavy (non-hydrogen) atoms. The Morgan fingerprint density at radius 3 is 2.50 bits per heavy atom. The molecule has 3 aromatic rings. The van der Waals surface area contributed by atoms with Crippen molar-refractivity contribution in [3.63, 3.8) is 0 Å². The largest absolute Gasteiger partial charge is 0.434 e. The molecule has 2 fully saturated rings. The zero-order valence-corrected chi connectivity index (χ0v) is 28.4. The lowest BCUT2D eigenvalue weighted by Crippen LogP contribution is -2.47. The van der Waals surface area contributed by atoms with Crippen molar-refractivity contribution >= 4 is 44.4 Å². The molecule has 0 radical (unpaired) electrons. The van der Waals surface area contributed by atoms with E-state index < -0.39 is 33.9 Å². The monoisotopic (exact) mass is 681 g/mol. The Morgan fingerprint density at radius 1 is 1.04 bits per heavy atom. The Hall–Kier alpha value is -3.81. The third-order valence-corrected chi connectivity index (χ3v) is 10.6. The second kappa shape index (κ2) is 16.5. The minimum absolute atomic E-state index is 0.0413. The lowest BCUT2D eigenvalue weighted by atomic mass is 9.90. The van der Waals surface area contributed by atoms with E-state index in [9.17, 15) is 22.8 Å². The van der Waals surface area contributed by atoms with Crippen LogP contribution in [0.3, 0.4) is 0 Å². The summed E-state index contributed by atoms with van der Waals surface area (Å²) < 4.78 is 38.5. The molecule has 2 amide bonds. The normalized spacial score (nSPS) is 19.3. The fourth-order valence-electron chi connectivity index (χ4n) is 6.41. The van der Waals surface area contributed by atoms with Crippen molar-refractivity contribution < 1.29 is 32.0 Å². The number of fused-ring (bicyclic) bond motifs is 1. The molecule has 0 unspecified atom stereocenters. The lowest BCUT2D eigenvalue weighted by Gasteiger charge is -2.26. The van der Waals surface area contributed by atoms with Gasteiger partial charge in [0.25, 0.3) is 5.89 Å². The van der Waals surface area contributed by atoms with Crippen LogP contribution in [0, 0.1) is 11.8 Å². The number of aromatic nitrogens is 1. The summed E-state index contributed by atoms with van der Waals surface area (Å²) >= 11 is 0. The minimum Gasteiger partial charge on any atom is -0.434 e. The number of nitrogens with zero attached hydrogens (tertiary/aromatic N) is 2. The molecule has 3 atom stereocenters. The molecule has 1 aliphatic carbocycles. The van der Waals surface area contributed by atoms with E-state index in [4.69, 9.17) is 14.9 Å². The van der Waals surface area contributed by atoms with Gasteiger partial charge in [0.15, 0.2) is 5.58 Å². The van der Waals surface area contributed by atoms with Crippen LogP contribution in [0.1, 0.15) is 74.5 Å². The summed E-state index contributed by atoms with van der Waals surface area (Å²) in [5.74, 6) is -1.28. The molecule has 2 aliphatic rings. The summed E-state index contributed by atoms with van der Waals surface area (Å²) in [6, 6.07) is 12.9. The first-order valence-electron chi connectivity index (χ1n) is 17.0. The maximum absolute atomic E-state index is 13.9. The predicted octanol–water partition coefficient (Wildman–Crippen LogP) is 4.05. The van der Waals surface area contributed by atoms with E-state index in [-0.39, 0.29) is 43.0 Å². The Bertz CT molecular complexity index is 1620. The number of hydrogen-bond donors (Lipinski definition) is 3. The number of oxazole rings is 1. The van der Waals surface area contributed by atoms with Gasteiger partial charge >= 0.3 is 0 Å². The second-order valence-electron chi connectivity index (χ2n) is 12.9. The number of likely N-dealkylation sites (tertiary alicyclic amines) is 1. The third kappa shape index (κ3) is 9.42. The zero-order valence-electron chi connectivity index (χ0n) is 27.6. The van der Waals surface area contributed by atoms with Crippen molar-refractivity contribution in [1.29, 1.82) is 0 Å². The number of amides is 2. The van der Waals surface area contributed by atoms with Gasteiger partial charge in [0.2, 0.25) is 27.6 Å². The Kier molecular flexibility index (Phi) is 12.2. The topological polar surface area (TPSA) is 174 Å². The van der Waals surface area contributed by atoms with Crippen LogP contribution >= 0.6 is 0 Å². The highest BCUT2D eigenvalue weighted by molar-refractivity contribution is 7.92. The number of benzene rings is 2. The van der Waals surface area contributed by atoms with Crippen molar-refractivity contribution in [3.05, 3.63) is 60.0 Å². The van der Waals surface area contributed by atoms with Crippen LogP contribution in [-0.4, -0.2) is 80.0 Å². The van der Waals surface area contributed by atoms with Gasteiger partial charge in [-0.05, 0) is 81.3 Å². The molecule has 260 valence electrons. The van der Waals surface area contributed by atoms with Crippen LogP contribution in [0.5, 0.6) is 0 Å². The average Bonchev–Trinajstić information content (AvgIpc) is 3.73. The molecule has 0 bridgehead atoms. The Labute approximate surface area is 282 Å². The van der Waals surface area contributed by atoms with E-state index >= 15 is 0 Å². The minimum atomic E-state index is -3.41. The Morgan fingerprint density at radius 2 is 1.79 bits per heavy atom. The number of carbonyl (C=O) groups excluding carboxylic acids is 3. The van der Waals surface area contributed by atoms with E-state index in [1.807, 2.05) is 6.07 Å². The van der Waals surface area contributed by atoms with Crippen molar-refractivity contribution in [2.75, 3.05) is 36.7 Å². The highest BCUT2D eigenvalue weighted by atomic mass is 32.2. The molecule has 0 spiro atoms. The van der Waals surface area contributed by atoms with Crippen molar-refractivity contribution in [1.82, 2.24) is 15.2 Å². The number of nitrogens with one attached hydrogen (secondary N) is 2. The molecule has 12 nitrogen and oxygen atoms in total. The van der Waals surface area contributed by atoms with E-state index in [0.717, 1.165) is 31.2 Å². The fraction of sp³-hybridized carbons (Fsp3) is 0.543. The van der Waals surface area contributed by atoms with Gasteiger partial charge in [0.05, 0.1) is 30.2 Å². The highest BCUT2D eigenvalue weighted by Gasteiger charge is 2.42. The van der Waals surface area contributed by atoms with Gasteiger partial charge in [-0.15, -0.1) is 0 Å². The van der Waals surface area contributed by atoms with Gasteiger partial charge in [-0.25, -0.2) is 13.4 Å². The summed E-state index contributed by atoms with van der Waals surface area (Å²) in [7, 11) is -3.41.